The van der Waals surface area contributed by atoms with Crippen LogP contribution in [-0.4, -0.2) is 16.2 Å². The second-order valence-electron chi connectivity index (χ2n) is 4.07. The van der Waals surface area contributed by atoms with E-state index in [2.05, 4.69) is 10.4 Å². The van der Waals surface area contributed by atoms with Gasteiger partial charge in [0.15, 0.2) is 0 Å². The number of alkyl halides is 2. The molecule has 0 atom stereocenters. The zero-order chi connectivity index (χ0) is 13.0. The van der Waals surface area contributed by atoms with Crippen molar-refractivity contribution in [3.05, 3.63) is 47.8 Å². The largest absolute Gasteiger partial charge is 0.381 e. The van der Waals surface area contributed by atoms with E-state index in [0.717, 1.165) is 16.9 Å². The van der Waals surface area contributed by atoms with Crippen molar-refractivity contribution in [3.63, 3.8) is 0 Å². The number of hydrogen-bond donors (Lipinski definition) is 1. The van der Waals surface area contributed by atoms with Crippen LogP contribution in [0.3, 0.4) is 0 Å². The van der Waals surface area contributed by atoms with Gasteiger partial charge in [0.05, 0.1) is 5.69 Å². The van der Waals surface area contributed by atoms with Gasteiger partial charge < -0.3 is 5.32 Å². The lowest BCUT2D eigenvalue weighted by atomic mass is 10.2. The van der Waals surface area contributed by atoms with E-state index in [-0.39, 0.29) is 6.54 Å². The molecule has 1 aromatic heterocycles. The lowest BCUT2D eigenvalue weighted by Gasteiger charge is -2.04. The van der Waals surface area contributed by atoms with Gasteiger partial charge >= 0.3 is 0 Å². The minimum atomic E-state index is -2.38. The molecule has 0 saturated carbocycles. The van der Waals surface area contributed by atoms with E-state index in [0.29, 0.717) is 6.54 Å². The third kappa shape index (κ3) is 3.29. The van der Waals surface area contributed by atoms with Gasteiger partial charge in [0.2, 0.25) is 0 Å². The number of benzene rings is 1. The Hall–Kier alpha value is -1.91. The van der Waals surface area contributed by atoms with Gasteiger partial charge in [-0.2, -0.15) is 5.10 Å². The van der Waals surface area contributed by atoms with Crippen molar-refractivity contribution in [2.24, 2.45) is 0 Å². The molecule has 0 fully saturated rings. The van der Waals surface area contributed by atoms with E-state index in [1.165, 1.54) is 4.68 Å². The van der Waals surface area contributed by atoms with Crippen LogP contribution in [0, 0.1) is 6.92 Å². The Labute approximate surface area is 104 Å². The van der Waals surface area contributed by atoms with Crippen molar-refractivity contribution in [1.29, 1.82) is 0 Å². The number of hydrogen-bond acceptors (Lipinski definition) is 2. The normalized spacial score (nSPS) is 10.9. The van der Waals surface area contributed by atoms with Gasteiger partial charge in [0.1, 0.15) is 6.54 Å². The third-order valence-corrected chi connectivity index (χ3v) is 2.63. The fourth-order valence-electron chi connectivity index (χ4n) is 1.72. The summed E-state index contributed by atoms with van der Waals surface area (Å²) in [7, 11) is 0. The zero-order valence-corrected chi connectivity index (χ0v) is 10.1. The summed E-state index contributed by atoms with van der Waals surface area (Å²) in [4.78, 5) is 0. The average molecular weight is 251 g/mol. The molecule has 2 aromatic rings. The van der Waals surface area contributed by atoms with E-state index in [9.17, 15) is 8.78 Å². The molecule has 1 aromatic carbocycles. The van der Waals surface area contributed by atoms with Crippen LogP contribution < -0.4 is 5.32 Å². The highest BCUT2D eigenvalue weighted by molar-refractivity contribution is 5.43. The molecule has 0 spiro atoms. The summed E-state index contributed by atoms with van der Waals surface area (Å²) in [5, 5.41) is 7.29. The standard InChI is InChI=1S/C13H15F2N3/c1-10-11(8-18(17-10)9-13(14)15)7-16-12-5-3-2-4-6-12/h2-6,8,13,16H,7,9H2,1H3. The minimum Gasteiger partial charge on any atom is -0.381 e. The molecule has 1 N–H and O–H groups in total. The van der Waals surface area contributed by atoms with Gasteiger partial charge in [-0.25, -0.2) is 8.78 Å². The zero-order valence-electron chi connectivity index (χ0n) is 10.1. The van der Waals surface area contributed by atoms with Crippen LogP contribution in [-0.2, 0) is 13.1 Å². The van der Waals surface area contributed by atoms with Crippen LogP contribution in [0.15, 0.2) is 36.5 Å². The lowest BCUT2D eigenvalue weighted by molar-refractivity contribution is 0.121. The van der Waals surface area contributed by atoms with E-state index in [1.54, 1.807) is 6.20 Å². The molecule has 0 aliphatic carbocycles. The first kappa shape index (κ1) is 12.5. The molecule has 0 radical (unpaired) electrons. The molecule has 96 valence electrons. The van der Waals surface area contributed by atoms with E-state index in [4.69, 9.17) is 0 Å². The molecule has 2 rings (SSSR count). The summed E-state index contributed by atoms with van der Waals surface area (Å²) in [6.07, 6.45) is -0.712. The molecule has 0 amide bonds. The topological polar surface area (TPSA) is 29.9 Å². The van der Waals surface area contributed by atoms with E-state index in [1.807, 2.05) is 37.3 Å². The molecular weight excluding hydrogens is 236 g/mol. The van der Waals surface area contributed by atoms with E-state index >= 15 is 0 Å². The number of nitrogens with one attached hydrogen (secondary N) is 1. The lowest BCUT2D eigenvalue weighted by Crippen LogP contribution is -2.06. The van der Waals surface area contributed by atoms with Gasteiger partial charge in [0, 0.05) is 24.0 Å². The molecule has 0 aliphatic rings. The maximum absolute atomic E-state index is 12.2. The number of anilines is 1. The molecular formula is C13H15F2N3. The number of aryl methyl sites for hydroxylation is 1. The second kappa shape index (κ2) is 5.62. The predicted molar refractivity (Wildman–Crippen MR) is 66.7 cm³/mol. The quantitative estimate of drug-likeness (QED) is 0.885. The molecule has 0 bridgehead atoms. The summed E-state index contributed by atoms with van der Waals surface area (Å²) in [6.45, 7) is 2.05. The van der Waals surface area contributed by atoms with Crippen molar-refractivity contribution < 1.29 is 8.78 Å². The van der Waals surface area contributed by atoms with E-state index < -0.39 is 6.43 Å². The average Bonchev–Trinajstić information content (AvgIpc) is 2.67. The first-order valence-electron chi connectivity index (χ1n) is 5.75. The van der Waals surface area contributed by atoms with Gasteiger partial charge in [-0.05, 0) is 19.1 Å². The fraction of sp³-hybridized carbons (Fsp3) is 0.308. The van der Waals surface area contributed by atoms with Gasteiger partial charge in [-0.15, -0.1) is 0 Å². The summed E-state index contributed by atoms with van der Waals surface area (Å²) in [5.74, 6) is 0. The molecule has 5 heteroatoms. The number of para-hydroxylation sites is 1. The summed E-state index contributed by atoms with van der Waals surface area (Å²) in [5.41, 5.74) is 2.71. The summed E-state index contributed by atoms with van der Waals surface area (Å²) < 4.78 is 25.8. The van der Waals surface area contributed by atoms with Crippen LogP contribution in [0.4, 0.5) is 14.5 Å². The number of rotatable bonds is 5. The number of halogens is 2. The number of nitrogens with zero attached hydrogens (tertiary/aromatic N) is 2. The molecule has 0 unspecified atom stereocenters. The summed E-state index contributed by atoms with van der Waals surface area (Å²) in [6, 6.07) is 9.74. The second-order valence-corrected chi connectivity index (χ2v) is 4.07. The highest BCUT2D eigenvalue weighted by Gasteiger charge is 2.08. The van der Waals surface area contributed by atoms with Gasteiger partial charge in [0.25, 0.3) is 6.43 Å². The highest BCUT2D eigenvalue weighted by atomic mass is 19.3. The first-order valence-corrected chi connectivity index (χ1v) is 5.75. The molecule has 1 heterocycles. The van der Waals surface area contributed by atoms with Crippen LogP contribution in [0.25, 0.3) is 0 Å². The van der Waals surface area contributed by atoms with Crippen molar-refractivity contribution in [3.8, 4) is 0 Å². The highest BCUT2D eigenvalue weighted by Crippen LogP contribution is 2.11. The van der Waals surface area contributed by atoms with Crippen LogP contribution in [0.1, 0.15) is 11.3 Å². The Morgan fingerprint density at radius 1 is 1.28 bits per heavy atom. The van der Waals surface area contributed by atoms with Crippen molar-refractivity contribution in [2.75, 3.05) is 5.32 Å². The third-order valence-electron chi connectivity index (χ3n) is 2.63. The molecule has 0 saturated heterocycles. The van der Waals surface area contributed by atoms with Gasteiger partial charge in [-0.1, -0.05) is 18.2 Å². The SMILES string of the molecule is Cc1nn(CC(F)F)cc1CNc1ccccc1. The van der Waals surface area contributed by atoms with Crippen molar-refractivity contribution in [1.82, 2.24) is 9.78 Å². The Morgan fingerprint density at radius 2 is 2.00 bits per heavy atom. The maximum atomic E-state index is 12.2. The maximum Gasteiger partial charge on any atom is 0.257 e. The monoisotopic (exact) mass is 251 g/mol. The van der Waals surface area contributed by atoms with Gasteiger partial charge in [-0.3, -0.25) is 4.68 Å². The van der Waals surface area contributed by atoms with Crippen molar-refractivity contribution >= 4 is 5.69 Å². The first-order chi connectivity index (χ1) is 8.65. The fourth-order valence-corrected chi connectivity index (χ4v) is 1.72. The Balaban J connectivity index is 1.99. The van der Waals surface area contributed by atoms with Crippen LogP contribution in [0.5, 0.6) is 0 Å². The smallest absolute Gasteiger partial charge is 0.257 e. The summed E-state index contributed by atoms with van der Waals surface area (Å²) >= 11 is 0. The Morgan fingerprint density at radius 3 is 2.67 bits per heavy atom. The van der Waals surface area contributed by atoms with Crippen molar-refractivity contribution in [2.45, 2.75) is 26.4 Å². The van der Waals surface area contributed by atoms with Crippen LogP contribution >= 0.6 is 0 Å². The molecule has 3 nitrogen and oxygen atoms in total. The minimum absolute atomic E-state index is 0.355. The predicted octanol–water partition coefficient (Wildman–Crippen LogP) is 3.07. The molecule has 18 heavy (non-hydrogen) atoms. The van der Waals surface area contributed by atoms with Crippen LogP contribution in [0.2, 0.25) is 0 Å². The molecule has 0 aliphatic heterocycles. The Kier molecular flexibility index (Phi) is 3.92. The Bertz CT molecular complexity index is 494. The number of aromatic nitrogens is 2.